The third kappa shape index (κ3) is 2.92. The van der Waals surface area contributed by atoms with E-state index in [1.165, 1.54) is 6.33 Å². The Bertz CT molecular complexity index is 719. The van der Waals surface area contributed by atoms with E-state index < -0.39 is 0 Å². The number of hydrogen-bond acceptors (Lipinski definition) is 5. The Morgan fingerprint density at radius 2 is 2.33 bits per heavy atom. The highest BCUT2D eigenvalue weighted by molar-refractivity contribution is 5.90. The number of hydrogen-bond donors (Lipinski definition) is 2. The van der Waals surface area contributed by atoms with Crippen LogP contribution in [-0.4, -0.2) is 52.5 Å². The summed E-state index contributed by atoms with van der Waals surface area (Å²) >= 11 is 0. The number of urea groups is 1. The van der Waals surface area contributed by atoms with E-state index in [1.807, 2.05) is 18.2 Å². The van der Waals surface area contributed by atoms with E-state index in [-0.39, 0.29) is 12.1 Å². The number of nitrogens with zero attached hydrogens (tertiary/aromatic N) is 3. The van der Waals surface area contributed by atoms with Gasteiger partial charge in [0.2, 0.25) is 0 Å². The van der Waals surface area contributed by atoms with E-state index >= 15 is 0 Å². The predicted octanol–water partition coefficient (Wildman–Crippen LogP) is 1.74. The van der Waals surface area contributed by atoms with Crippen LogP contribution in [0.1, 0.15) is 23.9 Å². The number of carbonyl (C=O) groups is 1. The summed E-state index contributed by atoms with van der Waals surface area (Å²) in [7, 11) is 0. The third-order valence-electron chi connectivity index (χ3n) is 4.30. The smallest absolute Gasteiger partial charge is 0.322 e. The van der Waals surface area contributed by atoms with Crippen molar-refractivity contribution < 1.29 is 14.3 Å². The van der Waals surface area contributed by atoms with Crippen LogP contribution in [-0.2, 0) is 11.2 Å². The molecule has 0 saturated carbocycles. The molecule has 2 amide bonds. The summed E-state index contributed by atoms with van der Waals surface area (Å²) < 4.78 is 11.1. The van der Waals surface area contributed by atoms with Crippen LogP contribution >= 0.6 is 0 Å². The van der Waals surface area contributed by atoms with E-state index in [9.17, 15) is 4.79 Å². The van der Waals surface area contributed by atoms with Crippen molar-refractivity contribution in [3.8, 4) is 5.75 Å². The standard InChI is InChI=1S/C16H19N5O3/c22-16(19-12-3-4-14-11(8-12)2-1-6-24-14)21-5-7-23-9-13(21)15-17-10-18-20-15/h3-4,8,10,13H,1-2,5-7,9H2,(H,19,22)(H,17,18,20). The molecule has 2 aliphatic rings. The quantitative estimate of drug-likeness (QED) is 0.875. The van der Waals surface area contributed by atoms with Crippen LogP contribution < -0.4 is 10.1 Å². The van der Waals surface area contributed by atoms with Crippen LogP contribution in [0.3, 0.4) is 0 Å². The number of ether oxygens (including phenoxy) is 2. The van der Waals surface area contributed by atoms with Gasteiger partial charge in [-0.05, 0) is 36.6 Å². The van der Waals surface area contributed by atoms with E-state index in [4.69, 9.17) is 9.47 Å². The lowest BCUT2D eigenvalue weighted by atomic mass is 10.1. The first-order valence-corrected chi connectivity index (χ1v) is 8.07. The summed E-state index contributed by atoms with van der Waals surface area (Å²) in [5.74, 6) is 1.54. The molecule has 0 aliphatic carbocycles. The van der Waals surface area contributed by atoms with Gasteiger partial charge in [-0.2, -0.15) is 5.10 Å². The maximum absolute atomic E-state index is 12.7. The number of aryl methyl sites for hydroxylation is 1. The van der Waals surface area contributed by atoms with Crippen LogP contribution in [0.2, 0.25) is 0 Å². The van der Waals surface area contributed by atoms with Crippen LogP contribution in [0.4, 0.5) is 10.5 Å². The van der Waals surface area contributed by atoms with E-state index in [0.29, 0.717) is 25.6 Å². The number of benzene rings is 1. The maximum Gasteiger partial charge on any atom is 0.322 e. The lowest BCUT2D eigenvalue weighted by Crippen LogP contribution is -2.45. The molecule has 2 N–H and O–H groups in total. The van der Waals surface area contributed by atoms with E-state index in [2.05, 4.69) is 20.5 Å². The van der Waals surface area contributed by atoms with Gasteiger partial charge in [0, 0.05) is 12.2 Å². The van der Waals surface area contributed by atoms with Crippen molar-refractivity contribution in [1.82, 2.24) is 20.1 Å². The van der Waals surface area contributed by atoms with Gasteiger partial charge in [0.1, 0.15) is 23.9 Å². The summed E-state index contributed by atoms with van der Waals surface area (Å²) in [4.78, 5) is 18.6. The molecule has 1 aromatic carbocycles. The Labute approximate surface area is 139 Å². The number of H-pyrrole nitrogens is 1. The predicted molar refractivity (Wildman–Crippen MR) is 85.9 cm³/mol. The molecule has 0 radical (unpaired) electrons. The molecule has 1 unspecified atom stereocenters. The number of fused-ring (bicyclic) bond motifs is 1. The van der Waals surface area contributed by atoms with Crippen LogP contribution in [0.5, 0.6) is 5.75 Å². The van der Waals surface area contributed by atoms with Gasteiger partial charge in [0.25, 0.3) is 0 Å². The number of morpholine rings is 1. The molecule has 2 aliphatic heterocycles. The third-order valence-corrected chi connectivity index (χ3v) is 4.30. The zero-order valence-electron chi connectivity index (χ0n) is 13.2. The lowest BCUT2D eigenvalue weighted by Gasteiger charge is -2.34. The van der Waals surface area contributed by atoms with Gasteiger partial charge >= 0.3 is 6.03 Å². The number of carbonyl (C=O) groups excluding carboxylic acids is 1. The van der Waals surface area contributed by atoms with E-state index in [1.54, 1.807) is 4.90 Å². The molecule has 3 heterocycles. The summed E-state index contributed by atoms with van der Waals surface area (Å²) in [6.07, 6.45) is 3.40. The monoisotopic (exact) mass is 329 g/mol. The molecule has 126 valence electrons. The highest BCUT2D eigenvalue weighted by Crippen LogP contribution is 2.28. The molecule has 2 aromatic rings. The SMILES string of the molecule is O=C(Nc1ccc2c(c1)CCCO2)N1CCOCC1c1ncn[nH]1. The molecule has 1 aromatic heterocycles. The highest BCUT2D eigenvalue weighted by atomic mass is 16.5. The average molecular weight is 329 g/mol. The first-order valence-electron chi connectivity index (χ1n) is 8.07. The van der Waals surface area contributed by atoms with Crippen molar-refractivity contribution in [2.45, 2.75) is 18.9 Å². The van der Waals surface area contributed by atoms with Crippen LogP contribution in [0.25, 0.3) is 0 Å². The second-order valence-electron chi connectivity index (χ2n) is 5.86. The number of amides is 2. The Hall–Kier alpha value is -2.61. The average Bonchev–Trinajstić information content (AvgIpc) is 3.16. The van der Waals surface area contributed by atoms with Gasteiger partial charge in [0.15, 0.2) is 0 Å². The van der Waals surface area contributed by atoms with Gasteiger partial charge in [-0.15, -0.1) is 0 Å². The Morgan fingerprint density at radius 3 is 3.21 bits per heavy atom. The fraction of sp³-hybridized carbons (Fsp3) is 0.438. The molecule has 24 heavy (non-hydrogen) atoms. The second-order valence-corrected chi connectivity index (χ2v) is 5.86. The summed E-state index contributed by atoms with van der Waals surface area (Å²) in [6.45, 7) is 2.17. The first kappa shape index (κ1) is 14.9. The topological polar surface area (TPSA) is 92.4 Å². The second kappa shape index (κ2) is 6.48. The van der Waals surface area contributed by atoms with Gasteiger partial charge in [0.05, 0.1) is 19.8 Å². The molecule has 0 bridgehead atoms. The fourth-order valence-corrected chi connectivity index (χ4v) is 3.08. The zero-order chi connectivity index (χ0) is 16.4. The minimum absolute atomic E-state index is 0.170. The zero-order valence-corrected chi connectivity index (χ0v) is 13.2. The summed E-state index contributed by atoms with van der Waals surface area (Å²) in [6, 6.07) is 5.33. The molecular formula is C16H19N5O3. The first-order chi connectivity index (χ1) is 11.8. The fourth-order valence-electron chi connectivity index (χ4n) is 3.08. The maximum atomic E-state index is 12.7. The van der Waals surface area contributed by atoms with Crippen molar-refractivity contribution in [3.05, 3.63) is 35.9 Å². The van der Waals surface area contributed by atoms with Gasteiger partial charge < -0.3 is 19.7 Å². The number of aromatic nitrogens is 3. The number of anilines is 1. The van der Waals surface area contributed by atoms with Gasteiger partial charge in [-0.3, -0.25) is 5.10 Å². The molecule has 8 heteroatoms. The van der Waals surface area contributed by atoms with Crippen LogP contribution in [0.15, 0.2) is 24.5 Å². The Morgan fingerprint density at radius 1 is 1.38 bits per heavy atom. The van der Waals surface area contributed by atoms with Crippen molar-refractivity contribution >= 4 is 11.7 Å². The molecule has 1 saturated heterocycles. The normalized spacial score (nSPS) is 20.2. The number of nitrogens with one attached hydrogen (secondary N) is 2. The molecular weight excluding hydrogens is 310 g/mol. The minimum Gasteiger partial charge on any atom is -0.493 e. The van der Waals surface area contributed by atoms with Gasteiger partial charge in [-0.1, -0.05) is 0 Å². The van der Waals surface area contributed by atoms with Crippen molar-refractivity contribution in [2.24, 2.45) is 0 Å². The van der Waals surface area contributed by atoms with Crippen molar-refractivity contribution in [3.63, 3.8) is 0 Å². The number of aromatic amines is 1. The van der Waals surface area contributed by atoms with Gasteiger partial charge in [-0.25, -0.2) is 9.78 Å². The number of rotatable bonds is 2. The molecule has 1 fully saturated rings. The summed E-state index contributed by atoms with van der Waals surface area (Å²) in [5.41, 5.74) is 1.90. The van der Waals surface area contributed by atoms with Crippen molar-refractivity contribution in [1.29, 1.82) is 0 Å². The molecule has 4 rings (SSSR count). The summed E-state index contributed by atoms with van der Waals surface area (Å²) in [5, 5.41) is 9.64. The Balaban J connectivity index is 1.50. The van der Waals surface area contributed by atoms with Crippen molar-refractivity contribution in [2.75, 3.05) is 31.7 Å². The largest absolute Gasteiger partial charge is 0.493 e. The molecule has 1 atom stereocenters. The molecule has 8 nitrogen and oxygen atoms in total. The van der Waals surface area contributed by atoms with Crippen LogP contribution in [0, 0.1) is 0 Å². The molecule has 0 spiro atoms. The minimum atomic E-state index is -0.262. The lowest BCUT2D eigenvalue weighted by molar-refractivity contribution is 0.0118. The Kier molecular flexibility index (Phi) is 4.04. The van der Waals surface area contributed by atoms with E-state index in [0.717, 1.165) is 36.4 Å². The highest BCUT2D eigenvalue weighted by Gasteiger charge is 2.30.